The Kier molecular flexibility index (Phi) is 9.57. The summed E-state index contributed by atoms with van der Waals surface area (Å²) in [7, 11) is 0. The average Bonchev–Trinajstić information content (AvgIpc) is 3.95. The number of rotatable bonds is 10. The van der Waals surface area contributed by atoms with Crippen molar-refractivity contribution in [2.24, 2.45) is 0 Å². The molecule has 0 atom stereocenters. The number of halogens is 4. The van der Waals surface area contributed by atoms with Gasteiger partial charge in [0.1, 0.15) is 0 Å². The van der Waals surface area contributed by atoms with Crippen LogP contribution in [-0.4, -0.2) is 0 Å². The first-order valence-corrected chi connectivity index (χ1v) is 20.6. The zero-order valence-electron chi connectivity index (χ0n) is 28.6. The third-order valence-corrected chi connectivity index (χ3v) is 17.9. The van der Waals surface area contributed by atoms with Gasteiger partial charge in [-0.05, 0) is 0 Å². The molecule has 2 nitrogen and oxygen atoms in total. The number of hydrogen-bond acceptors (Lipinski definition) is 2. The molecule has 7 heteroatoms. The summed E-state index contributed by atoms with van der Waals surface area (Å²) < 4.78 is 71.1. The van der Waals surface area contributed by atoms with Gasteiger partial charge in [-0.3, -0.25) is 0 Å². The molecule has 6 aromatic carbocycles. The Morgan fingerprint density at radius 3 is 1.00 bits per heavy atom. The van der Waals surface area contributed by atoms with Gasteiger partial charge in [0.2, 0.25) is 0 Å². The van der Waals surface area contributed by atoms with E-state index in [9.17, 15) is 0 Å². The maximum atomic E-state index is 18.1. The van der Waals surface area contributed by atoms with Crippen LogP contribution >= 0.6 is 0 Å². The molecule has 0 fully saturated rings. The predicted molar refractivity (Wildman–Crippen MR) is 205 cm³/mol. The quantitative estimate of drug-likeness (QED) is 0.102. The van der Waals surface area contributed by atoms with Crippen LogP contribution < -0.4 is 17.5 Å². The molecule has 0 heterocycles. The molecule has 0 N–H and O–H groups in total. The van der Waals surface area contributed by atoms with Crippen molar-refractivity contribution >= 4 is 41.9 Å². The van der Waals surface area contributed by atoms with Crippen LogP contribution in [0.15, 0.2) is 190 Å². The second kappa shape index (κ2) is 14.7. The van der Waals surface area contributed by atoms with Gasteiger partial charge in [-0.25, -0.2) is 0 Å². The Labute approximate surface area is 310 Å². The van der Waals surface area contributed by atoms with Crippen LogP contribution in [0.3, 0.4) is 0 Å². The average molecular weight is 739 g/mol. The molecule has 2 aliphatic rings. The third kappa shape index (κ3) is 6.08. The molecule has 8 rings (SSSR count). The van der Waals surface area contributed by atoms with E-state index in [1.807, 2.05) is 158 Å². The van der Waals surface area contributed by atoms with Crippen LogP contribution in [0.5, 0.6) is 0 Å². The topological polar surface area (TPSA) is 6.48 Å². The maximum absolute atomic E-state index is 18.1. The molecule has 53 heavy (non-hydrogen) atoms. The van der Waals surface area contributed by atoms with E-state index in [4.69, 9.17) is 0 Å². The van der Waals surface area contributed by atoms with Gasteiger partial charge in [-0.1, -0.05) is 0 Å². The summed E-state index contributed by atoms with van der Waals surface area (Å²) in [5.41, 5.74) is 2.77. The van der Waals surface area contributed by atoms with E-state index in [1.54, 1.807) is 9.80 Å². The van der Waals surface area contributed by atoms with Crippen LogP contribution in [0, 0.1) is 23.3 Å². The SMILES string of the molecule is Fc1ccc(N(c2ccccc2)c2ccccc2)c(F)[c]1[Ti]([C]1=CC=CC1)([C]1=CC=CC1)[c]1c(F)ccc(N(c2ccccc2)c2ccccc2)c1F. The molecule has 0 radical (unpaired) electrons. The van der Waals surface area contributed by atoms with Crippen molar-refractivity contribution in [3.63, 3.8) is 0 Å². The molecular weight excluding hydrogens is 704 g/mol. The van der Waals surface area contributed by atoms with E-state index < -0.39 is 39.9 Å². The summed E-state index contributed by atoms with van der Waals surface area (Å²) in [6.07, 6.45) is 11.7. The second-order valence-electron chi connectivity index (χ2n) is 12.9. The first kappa shape index (κ1) is 34.4. The van der Waals surface area contributed by atoms with E-state index >= 15 is 17.6 Å². The minimum atomic E-state index is -5.20. The van der Waals surface area contributed by atoms with Crippen LogP contribution in [-0.2, 0) is 16.6 Å². The predicted octanol–water partition coefficient (Wildman–Crippen LogP) is 12.0. The Hall–Kier alpha value is -5.69. The van der Waals surface area contributed by atoms with Crippen molar-refractivity contribution in [2.75, 3.05) is 9.80 Å². The zero-order valence-corrected chi connectivity index (χ0v) is 30.2. The molecule has 260 valence electrons. The summed E-state index contributed by atoms with van der Waals surface area (Å²) in [5, 5.41) is 0. The fourth-order valence-electron chi connectivity index (χ4n) is 7.70. The molecule has 0 spiro atoms. The molecule has 2 aliphatic carbocycles. The van der Waals surface area contributed by atoms with E-state index in [0.29, 0.717) is 43.3 Å². The van der Waals surface area contributed by atoms with Crippen LogP contribution in [0.1, 0.15) is 12.8 Å². The summed E-state index contributed by atoms with van der Waals surface area (Å²) in [4.78, 5) is 3.45. The van der Waals surface area contributed by atoms with Crippen LogP contribution in [0.4, 0.5) is 51.7 Å². The van der Waals surface area contributed by atoms with Gasteiger partial charge in [0.25, 0.3) is 0 Å². The summed E-state index contributed by atoms with van der Waals surface area (Å²) in [6.45, 7) is 0. The summed E-state index contributed by atoms with van der Waals surface area (Å²) in [5.74, 6) is -3.35. The molecule has 0 unspecified atom stereocenters. The molecule has 0 saturated heterocycles. The first-order chi connectivity index (χ1) is 26.0. The third-order valence-electron chi connectivity index (χ3n) is 9.94. The number of anilines is 6. The van der Waals surface area contributed by atoms with Gasteiger partial charge in [0.15, 0.2) is 0 Å². The monoisotopic (exact) mass is 738 g/mol. The molecule has 0 aliphatic heterocycles. The molecular formula is C46H34F4N2Ti. The first-order valence-electron chi connectivity index (χ1n) is 17.5. The fraction of sp³-hybridized carbons (Fsp3) is 0.0435. The number of benzene rings is 6. The number of para-hydroxylation sites is 4. The summed E-state index contributed by atoms with van der Waals surface area (Å²) in [6, 6.07) is 42.4. The van der Waals surface area contributed by atoms with Crippen molar-refractivity contribution in [3.05, 3.63) is 213 Å². The van der Waals surface area contributed by atoms with E-state index in [-0.39, 0.29) is 19.1 Å². The van der Waals surface area contributed by atoms with E-state index in [1.165, 1.54) is 24.3 Å². The number of allylic oxidation sites excluding steroid dienone is 8. The van der Waals surface area contributed by atoms with E-state index in [0.717, 1.165) is 0 Å². The van der Waals surface area contributed by atoms with Gasteiger partial charge in [0, 0.05) is 0 Å². The Balaban J connectivity index is 1.46. The van der Waals surface area contributed by atoms with Gasteiger partial charge < -0.3 is 0 Å². The standard InChI is InChI=1S/2C18H12F2N.2C5H5.Ti/c2*19-14-11-12-18(17(20)13-14)21(15-7-3-1-4-8-15)16-9-5-2-6-10-16;2*1-2-4-5-3-1;/h2*1-12H;2*1-3H,4H2;. The Morgan fingerprint density at radius 2 is 0.717 bits per heavy atom. The van der Waals surface area contributed by atoms with E-state index in [2.05, 4.69) is 0 Å². The fourth-order valence-corrected chi connectivity index (χ4v) is 16.0. The number of nitrogens with zero attached hydrogens (tertiary/aromatic N) is 2. The van der Waals surface area contributed by atoms with Crippen molar-refractivity contribution < 1.29 is 34.2 Å². The minimum absolute atomic E-state index is 0.0825. The molecule has 0 saturated carbocycles. The van der Waals surface area contributed by atoms with Crippen LogP contribution in [0.2, 0.25) is 0 Å². The van der Waals surface area contributed by atoms with Crippen molar-refractivity contribution in [1.82, 2.24) is 0 Å². The Morgan fingerprint density at radius 1 is 0.396 bits per heavy atom. The van der Waals surface area contributed by atoms with Gasteiger partial charge in [-0.2, -0.15) is 0 Å². The molecule has 6 aromatic rings. The van der Waals surface area contributed by atoms with Crippen molar-refractivity contribution in [1.29, 1.82) is 0 Å². The van der Waals surface area contributed by atoms with Crippen molar-refractivity contribution in [3.8, 4) is 0 Å². The number of hydrogen-bond donors (Lipinski definition) is 0. The molecule has 0 amide bonds. The second-order valence-corrected chi connectivity index (χ2v) is 18.8. The molecule has 0 aromatic heterocycles. The zero-order chi connectivity index (χ0) is 36.4. The normalized spacial score (nSPS) is 13.6. The summed E-state index contributed by atoms with van der Waals surface area (Å²) >= 11 is -5.20. The van der Waals surface area contributed by atoms with Crippen molar-refractivity contribution in [2.45, 2.75) is 12.8 Å². The van der Waals surface area contributed by atoms with Gasteiger partial charge >= 0.3 is 312 Å². The molecule has 0 bridgehead atoms. The van der Waals surface area contributed by atoms with Gasteiger partial charge in [0.05, 0.1) is 0 Å². The van der Waals surface area contributed by atoms with Crippen LogP contribution in [0.25, 0.3) is 0 Å². The Bertz CT molecular complexity index is 2140. The van der Waals surface area contributed by atoms with Gasteiger partial charge in [-0.15, -0.1) is 0 Å².